The van der Waals surface area contributed by atoms with Gasteiger partial charge in [-0.05, 0) is 36.8 Å². The van der Waals surface area contributed by atoms with Crippen LogP contribution in [0.5, 0.6) is 0 Å². The minimum absolute atomic E-state index is 0.277. The van der Waals surface area contributed by atoms with Crippen LogP contribution < -0.4 is 5.32 Å². The smallest absolute Gasteiger partial charge is 0.253 e. The number of carbonyl (C=O) groups is 1. The van der Waals surface area contributed by atoms with Crippen LogP contribution >= 0.6 is 11.6 Å². The van der Waals surface area contributed by atoms with Gasteiger partial charge < -0.3 is 10.4 Å². The van der Waals surface area contributed by atoms with Crippen LogP contribution in [0.15, 0.2) is 48.9 Å². The Morgan fingerprint density at radius 2 is 2.00 bits per heavy atom. The number of halogens is 1. The molecule has 0 spiro atoms. The van der Waals surface area contributed by atoms with Crippen molar-refractivity contribution in [1.29, 1.82) is 0 Å². The topological polar surface area (TPSA) is 79.5 Å². The molecule has 0 saturated heterocycles. The van der Waals surface area contributed by atoms with Gasteiger partial charge in [-0.1, -0.05) is 23.7 Å². The second-order valence-electron chi connectivity index (χ2n) is 5.27. The molecular formula is C16H15ClN4O2. The van der Waals surface area contributed by atoms with Gasteiger partial charge >= 0.3 is 0 Å². The molecule has 2 N–H and O–H groups in total. The molecule has 2 heterocycles. The van der Waals surface area contributed by atoms with E-state index in [1.54, 1.807) is 53.9 Å². The molecule has 6 nitrogen and oxygen atoms in total. The molecule has 0 radical (unpaired) electrons. The first-order valence-corrected chi connectivity index (χ1v) is 7.46. The third kappa shape index (κ3) is 3.33. The summed E-state index contributed by atoms with van der Waals surface area (Å²) in [4.78, 5) is 12.3. The zero-order chi connectivity index (χ0) is 16.4. The minimum atomic E-state index is -0.824. The van der Waals surface area contributed by atoms with Gasteiger partial charge in [0.05, 0.1) is 17.7 Å². The number of aliphatic hydroxyl groups excluding tert-OH is 1. The number of fused-ring (bicyclic) bond motifs is 1. The summed E-state index contributed by atoms with van der Waals surface area (Å²) in [5, 5.41) is 21.4. The highest BCUT2D eigenvalue weighted by atomic mass is 35.5. The van der Waals surface area contributed by atoms with E-state index in [0.29, 0.717) is 21.8 Å². The fourth-order valence-corrected chi connectivity index (χ4v) is 2.41. The molecule has 0 aliphatic carbocycles. The number of rotatable bonds is 4. The maximum atomic E-state index is 12.3. The predicted octanol–water partition coefficient (Wildman–Crippen LogP) is 2.23. The highest BCUT2D eigenvalue weighted by Gasteiger charge is 2.19. The summed E-state index contributed by atoms with van der Waals surface area (Å²) >= 11 is 5.83. The molecule has 0 aliphatic heterocycles. The summed E-state index contributed by atoms with van der Waals surface area (Å²) in [6.45, 7) is 1.74. The first-order chi connectivity index (χ1) is 11.0. The lowest BCUT2D eigenvalue weighted by atomic mass is 10.0. The standard InChI is InChI=1S/C16H15ClN4O2/c1-10(15(22)11-2-5-13(17)6-3-11)19-16(23)12-4-7-14-20-18-9-21(14)8-12/h2-10,15,22H,1H3,(H,19,23). The van der Waals surface area contributed by atoms with Crippen LogP contribution in [-0.2, 0) is 0 Å². The van der Waals surface area contributed by atoms with E-state index in [4.69, 9.17) is 11.6 Å². The van der Waals surface area contributed by atoms with Gasteiger partial charge in [0.2, 0.25) is 0 Å². The largest absolute Gasteiger partial charge is 0.386 e. The fraction of sp³-hybridized carbons (Fsp3) is 0.188. The number of carbonyl (C=O) groups excluding carboxylic acids is 1. The van der Waals surface area contributed by atoms with Gasteiger partial charge in [0.15, 0.2) is 5.65 Å². The van der Waals surface area contributed by atoms with E-state index in [2.05, 4.69) is 15.5 Å². The van der Waals surface area contributed by atoms with Gasteiger partial charge in [-0.25, -0.2) is 0 Å². The number of nitrogens with one attached hydrogen (secondary N) is 1. The van der Waals surface area contributed by atoms with Gasteiger partial charge in [0.25, 0.3) is 5.91 Å². The van der Waals surface area contributed by atoms with Crippen LogP contribution in [0.1, 0.15) is 28.9 Å². The van der Waals surface area contributed by atoms with Crippen molar-refractivity contribution < 1.29 is 9.90 Å². The average molecular weight is 331 g/mol. The maximum absolute atomic E-state index is 12.3. The number of aliphatic hydroxyl groups is 1. The van der Waals surface area contributed by atoms with Gasteiger partial charge in [-0.3, -0.25) is 9.20 Å². The highest BCUT2D eigenvalue weighted by molar-refractivity contribution is 6.30. The Balaban J connectivity index is 1.72. The molecular weight excluding hydrogens is 316 g/mol. The SMILES string of the molecule is CC(NC(=O)c1ccc2nncn2c1)C(O)c1ccc(Cl)cc1. The quantitative estimate of drug-likeness (QED) is 0.769. The maximum Gasteiger partial charge on any atom is 0.253 e. The molecule has 1 amide bonds. The predicted molar refractivity (Wildman–Crippen MR) is 86.3 cm³/mol. The van der Waals surface area contributed by atoms with Crippen molar-refractivity contribution in [2.75, 3.05) is 0 Å². The van der Waals surface area contributed by atoms with Gasteiger partial charge in [-0.2, -0.15) is 0 Å². The number of amides is 1. The Labute approximate surface area is 137 Å². The third-order valence-electron chi connectivity index (χ3n) is 3.60. The van der Waals surface area contributed by atoms with E-state index >= 15 is 0 Å². The van der Waals surface area contributed by atoms with Crippen LogP contribution in [0, 0.1) is 0 Å². The highest BCUT2D eigenvalue weighted by Crippen LogP contribution is 2.19. The van der Waals surface area contributed by atoms with Crippen molar-refractivity contribution in [3.63, 3.8) is 0 Å². The summed E-state index contributed by atoms with van der Waals surface area (Å²) in [5.74, 6) is -0.277. The summed E-state index contributed by atoms with van der Waals surface area (Å²) in [7, 11) is 0. The van der Waals surface area contributed by atoms with Crippen molar-refractivity contribution in [2.45, 2.75) is 19.1 Å². The molecule has 118 valence electrons. The molecule has 0 aliphatic rings. The summed E-state index contributed by atoms with van der Waals surface area (Å²) in [5.41, 5.74) is 1.82. The Kier molecular flexibility index (Phi) is 4.27. The molecule has 2 unspecified atom stereocenters. The first kappa shape index (κ1) is 15.5. The summed E-state index contributed by atoms with van der Waals surface area (Å²) in [6, 6.07) is 9.80. The summed E-state index contributed by atoms with van der Waals surface area (Å²) < 4.78 is 1.66. The molecule has 2 atom stereocenters. The molecule has 0 bridgehead atoms. The van der Waals surface area contributed by atoms with E-state index in [1.807, 2.05) is 0 Å². The normalized spacial score (nSPS) is 13.7. The first-order valence-electron chi connectivity index (χ1n) is 7.08. The lowest BCUT2D eigenvalue weighted by molar-refractivity contribution is 0.0851. The van der Waals surface area contributed by atoms with E-state index in [0.717, 1.165) is 0 Å². The number of pyridine rings is 1. The monoisotopic (exact) mass is 330 g/mol. The van der Waals surface area contributed by atoms with Crippen molar-refractivity contribution in [3.05, 3.63) is 65.1 Å². The Hall–Kier alpha value is -2.44. The van der Waals surface area contributed by atoms with Crippen LogP contribution in [0.3, 0.4) is 0 Å². The van der Waals surface area contributed by atoms with E-state index in [9.17, 15) is 9.90 Å². The fourth-order valence-electron chi connectivity index (χ4n) is 2.28. The zero-order valence-electron chi connectivity index (χ0n) is 12.3. The van der Waals surface area contributed by atoms with Crippen LogP contribution in [0.4, 0.5) is 0 Å². The molecule has 23 heavy (non-hydrogen) atoms. The Bertz CT molecular complexity index is 831. The molecule has 0 saturated carbocycles. The molecule has 1 aromatic carbocycles. The van der Waals surface area contributed by atoms with Crippen molar-refractivity contribution in [2.24, 2.45) is 0 Å². The van der Waals surface area contributed by atoms with Crippen molar-refractivity contribution in [1.82, 2.24) is 19.9 Å². The number of hydrogen-bond donors (Lipinski definition) is 2. The molecule has 3 aromatic rings. The van der Waals surface area contributed by atoms with Crippen LogP contribution in [0.25, 0.3) is 5.65 Å². The number of hydrogen-bond acceptors (Lipinski definition) is 4. The second kappa shape index (κ2) is 6.36. The lowest BCUT2D eigenvalue weighted by Gasteiger charge is -2.20. The molecule has 2 aromatic heterocycles. The van der Waals surface area contributed by atoms with Crippen LogP contribution in [-0.4, -0.2) is 31.7 Å². The van der Waals surface area contributed by atoms with E-state index in [-0.39, 0.29) is 5.91 Å². The van der Waals surface area contributed by atoms with Crippen molar-refractivity contribution in [3.8, 4) is 0 Å². The minimum Gasteiger partial charge on any atom is -0.386 e. The lowest BCUT2D eigenvalue weighted by Crippen LogP contribution is -2.37. The summed E-state index contributed by atoms with van der Waals surface area (Å²) in [6.07, 6.45) is 2.35. The van der Waals surface area contributed by atoms with E-state index in [1.165, 1.54) is 6.33 Å². The number of aromatic nitrogens is 3. The molecule has 7 heteroatoms. The Morgan fingerprint density at radius 3 is 2.74 bits per heavy atom. The van der Waals surface area contributed by atoms with Gasteiger partial charge in [0, 0.05) is 11.2 Å². The average Bonchev–Trinajstić information content (AvgIpc) is 3.02. The van der Waals surface area contributed by atoms with Crippen LogP contribution in [0.2, 0.25) is 5.02 Å². The second-order valence-corrected chi connectivity index (χ2v) is 5.71. The van der Waals surface area contributed by atoms with Gasteiger partial charge in [-0.15, -0.1) is 10.2 Å². The van der Waals surface area contributed by atoms with Crippen molar-refractivity contribution >= 4 is 23.2 Å². The zero-order valence-corrected chi connectivity index (χ0v) is 13.1. The third-order valence-corrected chi connectivity index (χ3v) is 3.85. The van der Waals surface area contributed by atoms with Gasteiger partial charge in [0.1, 0.15) is 6.33 Å². The number of benzene rings is 1. The molecule has 3 rings (SSSR count). The van der Waals surface area contributed by atoms with E-state index < -0.39 is 12.1 Å². The Morgan fingerprint density at radius 1 is 1.26 bits per heavy atom. The molecule has 0 fully saturated rings. The number of nitrogens with zero attached hydrogens (tertiary/aromatic N) is 3.